The minimum absolute atomic E-state index is 0.0941. The number of hydrogen-bond acceptors (Lipinski definition) is 4. The Balaban J connectivity index is 1.86. The van der Waals surface area contributed by atoms with Crippen LogP contribution in [0.5, 0.6) is 0 Å². The SMILES string of the molecule is Cc1occc1CN(C)CC(=O)Nc1ccc(C#N)cc1. The van der Waals surface area contributed by atoms with Crippen LogP contribution in [0.15, 0.2) is 41.0 Å². The number of nitriles is 1. The van der Waals surface area contributed by atoms with E-state index in [1.165, 1.54) is 0 Å². The zero-order valence-corrected chi connectivity index (χ0v) is 12.1. The molecule has 0 aliphatic carbocycles. The van der Waals surface area contributed by atoms with Gasteiger partial charge in [-0.05, 0) is 44.3 Å². The van der Waals surface area contributed by atoms with E-state index in [2.05, 4.69) is 5.32 Å². The molecular weight excluding hydrogens is 266 g/mol. The normalized spacial score (nSPS) is 10.4. The number of benzene rings is 1. The Bertz CT molecular complexity index is 653. The molecule has 0 fully saturated rings. The van der Waals surface area contributed by atoms with Gasteiger partial charge in [0.1, 0.15) is 5.76 Å². The zero-order chi connectivity index (χ0) is 15.2. The lowest BCUT2D eigenvalue weighted by atomic mass is 10.2. The fraction of sp³-hybridized carbons (Fsp3) is 0.250. The van der Waals surface area contributed by atoms with Crippen molar-refractivity contribution in [3.8, 4) is 6.07 Å². The fourth-order valence-corrected chi connectivity index (χ4v) is 2.00. The third kappa shape index (κ3) is 4.20. The smallest absolute Gasteiger partial charge is 0.238 e. The molecule has 1 amide bonds. The average molecular weight is 283 g/mol. The molecule has 5 nitrogen and oxygen atoms in total. The first-order valence-electron chi connectivity index (χ1n) is 6.60. The Kier molecular flexibility index (Phi) is 4.75. The van der Waals surface area contributed by atoms with Crippen molar-refractivity contribution in [2.45, 2.75) is 13.5 Å². The molecule has 21 heavy (non-hydrogen) atoms. The largest absolute Gasteiger partial charge is 0.469 e. The molecule has 1 heterocycles. The fourth-order valence-electron chi connectivity index (χ4n) is 2.00. The summed E-state index contributed by atoms with van der Waals surface area (Å²) in [6, 6.07) is 10.7. The van der Waals surface area contributed by atoms with Crippen molar-refractivity contribution >= 4 is 11.6 Å². The van der Waals surface area contributed by atoms with E-state index < -0.39 is 0 Å². The van der Waals surface area contributed by atoms with Crippen molar-refractivity contribution in [1.29, 1.82) is 5.26 Å². The molecule has 0 atom stereocenters. The van der Waals surface area contributed by atoms with Gasteiger partial charge in [0.2, 0.25) is 5.91 Å². The molecule has 0 saturated carbocycles. The number of amides is 1. The van der Waals surface area contributed by atoms with Crippen LogP contribution in [0.1, 0.15) is 16.9 Å². The first-order valence-corrected chi connectivity index (χ1v) is 6.60. The Morgan fingerprint density at radius 2 is 2.05 bits per heavy atom. The molecule has 5 heteroatoms. The van der Waals surface area contributed by atoms with E-state index in [1.54, 1.807) is 30.5 Å². The van der Waals surface area contributed by atoms with Gasteiger partial charge in [-0.15, -0.1) is 0 Å². The summed E-state index contributed by atoms with van der Waals surface area (Å²) in [7, 11) is 1.88. The molecule has 108 valence electrons. The van der Waals surface area contributed by atoms with E-state index in [0.717, 1.165) is 11.3 Å². The summed E-state index contributed by atoms with van der Waals surface area (Å²) in [5.41, 5.74) is 2.33. The van der Waals surface area contributed by atoms with Crippen molar-refractivity contribution in [2.75, 3.05) is 18.9 Å². The Morgan fingerprint density at radius 1 is 1.33 bits per heavy atom. The van der Waals surface area contributed by atoms with Gasteiger partial charge in [0.05, 0.1) is 24.4 Å². The van der Waals surface area contributed by atoms with Crippen LogP contribution in [0, 0.1) is 18.3 Å². The number of furan rings is 1. The van der Waals surface area contributed by atoms with Crippen LogP contribution < -0.4 is 5.32 Å². The molecule has 0 saturated heterocycles. The predicted molar refractivity (Wildman–Crippen MR) is 79.6 cm³/mol. The van der Waals surface area contributed by atoms with E-state index in [4.69, 9.17) is 9.68 Å². The van der Waals surface area contributed by atoms with Gasteiger partial charge in [-0.1, -0.05) is 0 Å². The number of nitrogens with zero attached hydrogens (tertiary/aromatic N) is 2. The summed E-state index contributed by atoms with van der Waals surface area (Å²) in [5, 5.41) is 11.5. The molecule has 0 unspecified atom stereocenters. The van der Waals surface area contributed by atoms with Crippen LogP contribution in [0.3, 0.4) is 0 Å². The Hall–Kier alpha value is -2.58. The first kappa shape index (κ1) is 14.8. The molecule has 0 spiro atoms. The van der Waals surface area contributed by atoms with Crippen LogP contribution >= 0.6 is 0 Å². The van der Waals surface area contributed by atoms with Gasteiger partial charge in [-0.3, -0.25) is 9.69 Å². The number of hydrogen-bond donors (Lipinski definition) is 1. The van der Waals surface area contributed by atoms with E-state index in [9.17, 15) is 4.79 Å². The summed E-state index contributed by atoms with van der Waals surface area (Å²) in [5.74, 6) is 0.776. The Morgan fingerprint density at radius 3 is 2.62 bits per heavy atom. The zero-order valence-electron chi connectivity index (χ0n) is 12.1. The van der Waals surface area contributed by atoms with E-state index in [0.29, 0.717) is 17.8 Å². The van der Waals surface area contributed by atoms with Crippen LogP contribution in [-0.4, -0.2) is 24.4 Å². The lowest BCUT2D eigenvalue weighted by Crippen LogP contribution is -2.29. The van der Waals surface area contributed by atoms with Crippen molar-refractivity contribution in [2.24, 2.45) is 0 Å². The topological polar surface area (TPSA) is 69.3 Å². The van der Waals surface area contributed by atoms with Crippen LogP contribution in [0.4, 0.5) is 5.69 Å². The van der Waals surface area contributed by atoms with Crippen LogP contribution in [0.2, 0.25) is 0 Å². The highest BCUT2D eigenvalue weighted by atomic mass is 16.3. The number of carbonyl (C=O) groups is 1. The van der Waals surface area contributed by atoms with Gasteiger partial charge in [0.25, 0.3) is 0 Å². The van der Waals surface area contributed by atoms with Crippen molar-refractivity contribution in [3.63, 3.8) is 0 Å². The summed E-state index contributed by atoms with van der Waals surface area (Å²) in [6.07, 6.45) is 1.65. The minimum atomic E-state index is -0.0941. The molecule has 1 N–H and O–H groups in total. The maximum absolute atomic E-state index is 11.9. The lowest BCUT2D eigenvalue weighted by molar-refractivity contribution is -0.117. The quantitative estimate of drug-likeness (QED) is 0.915. The third-order valence-electron chi connectivity index (χ3n) is 3.12. The van der Waals surface area contributed by atoms with E-state index in [-0.39, 0.29) is 12.5 Å². The summed E-state index contributed by atoms with van der Waals surface area (Å²) in [4.78, 5) is 13.9. The molecule has 0 aliphatic heterocycles. The molecule has 0 aliphatic rings. The molecule has 1 aromatic carbocycles. The van der Waals surface area contributed by atoms with Gasteiger partial charge >= 0.3 is 0 Å². The number of rotatable bonds is 5. The van der Waals surface area contributed by atoms with Crippen molar-refractivity contribution in [3.05, 3.63) is 53.5 Å². The number of nitrogens with one attached hydrogen (secondary N) is 1. The maximum Gasteiger partial charge on any atom is 0.238 e. The summed E-state index contributed by atoms with van der Waals surface area (Å²) in [6.45, 7) is 2.84. The minimum Gasteiger partial charge on any atom is -0.469 e. The van der Waals surface area contributed by atoms with E-state index in [1.807, 2.05) is 31.0 Å². The highest BCUT2D eigenvalue weighted by Crippen LogP contribution is 2.12. The second-order valence-electron chi connectivity index (χ2n) is 4.91. The number of carbonyl (C=O) groups excluding carboxylic acids is 1. The van der Waals surface area contributed by atoms with Crippen LogP contribution in [-0.2, 0) is 11.3 Å². The van der Waals surface area contributed by atoms with Gasteiger partial charge in [0.15, 0.2) is 0 Å². The molecular formula is C16H17N3O2. The standard InChI is InChI=1S/C16H17N3O2/c1-12-14(7-8-21-12)10-19(2)11-16(20)18-15-5-3-13(9-17)4-6-15/h3-8H,10-11H2,1-2H3,(H,18,20). The molecule has 2 aromatic rings. The maximum atomic E-state index is 11.9. The predicted octanol–water partition coefficient (Wildman–Crippen LogP) is 2.53. The van der Waals surface area contributed by atoms with Crippen molar-refractivity contribution < 1.29 is 9.21 Å². The number of aryl methyl sites for hydroxylation is 1. The second kappa shape index (κ2) is 6.73. The van der Waals surface area contributed by atoms with Crippen molar-refractivity contribution in [1.82, 2.24) is 4.90 Å². The van der Waals surface area contributed by atoms with Gasteiger partial charge in [-0.25, -0.2) is 0 Å². The monoisotopic (exact) mass is 283 g/mol. The number of anilines is 1. The first-order chi connectivity index (χ1) is 10.1. The average Bonchev–Trinajstić information content (AvgIpc) is 2.84. The van der Waals surface area contributed by atoms with E-state index >= 15 is 0 Å². The van der Waals surface area contributed by atoms with Gasteiger partial charge in [-0.2, -0.15) is 5.26 Å². The Labute approximate surface area is 123 Å². The highest BCUT2D eigenvalue weighted by Gasteiger charge is 2.10. The second-order valence-corrected chi connectivity index (χ2v) is 4.91. The van der Waals surface area contributed by atoms with Gasteiger partial charge < -0.3 is 9.73 Å². The number of likely N-dealkylation sites (N-methyl/N-ethyl adjacent to an activating group) is 1. The summed E-state index contributed by atoms with van der Waals surface area (Å²) < 4.78 is 5.23. The molecule has 0 bridgehead atoms. The summed E-state index contributed by atoms with van der Waals surface area (Å²) >= 11 is 0. The van der Waals surface area contributed by atoms with Crippen LogP contribution in [0.25, 0.3) is 0 Å². The molecule has 2 rings (SSSR count). The third-order valence-corrected chi connectivity index (χ3v) is 3.12. The van der Waals surface area contributed by atoms with Gasteiger partial charge in [0, 0.05) is 17.8 Å². The highest BCUT2D eigenvalue weighted by molar-refractivity contribution is 5.92. The molecule has 1 aromatic heterocycles. The molecule has 0 radical (unpaired) electrons. The lowest BCUT2D eigenvalue weighted by Gasteiger charge is -2.15.